The van der Waals surface area contributed by atoms with Crippen molar-refractivity contribution in [1.82, 2.24) is 14.7 Å². The van der Waals surface area contributed by atoms with E-state index >= 15 is 0 Å². The number of likely N-dealkylation sites (tertiary alicyclic amines) is 1. The van der Waals surface area contributed by atoms with Gasteiger partial charge in [-0.05, 0) is 25.8 Å². The molecule has 0 bridgehead atoms. The van der Waals surface area contributed by atoms with Crippen LogP contribution in [0.2, 0.25) is 0 Å². The van der Waals surface area contributed by atoms with E-state index in [1.807, 2.05) is 28.6 Å². The molecule has 1 aliphatic heterocycles. The molecule has 2 heterocycles. The Morgan fingerprint density at radius 2 is 2.00 bits per heavy atom. The first kappa shape index (κ1) is 12.2. The smallest absolute Gasteiger partial charge is 0.224 e. The second-order valence-corrected chi connectivity index (χ2v) is 5.16. The fourth-order valence-electron chi connectivity index (χ4n) is 2.79. The van der Waals surface area contributed by atoms with Gasteiger partial charge in [0.25, 0.3) is 0 Å². The SMILES string of the molecule is Cc1nn(CCC(=O)N2CCCC2)c2ccccc12. The number of rotatable bonds is 3. The van der Waals surface area contributed by atoms with Crippen molar-refractivity contribution in [1.29, 1.82) is 0 Å². The quantitative estimate of drug-likeness (QED) is 0.846. The predicted octanol–water partition coefficient (Wildman–Crippen LogP) is 2.36. The number of aryl methyl sites for hydroxylation is 2. The minimum absolute atomic E-state index is 0.259. The van der Waals surface area contributed by atoms with E-state index in [4.69, 9.17) is 0 Å². The van der Waals surface area contributed by atoms with Crippen molar-refractivity contribution >= 4 is 16.8 Å². The molecule has 4 heteroatoms. The third-order valence-electron chi connectivity index (χ3n) is 3.84. The molecule has 4 nitrogen and oxygen atoms in total. The molecule has 1 aromatic heterocycles. The molecule has 0 N–H and O–H groups in total. The minimum Gasteiger partial charge on any atom is -0.343 e. The van der Waals surface area contributed by atoms with Crippen LogP contribution in [0, 0.1) is 6.92 Å². The average molecular weight is 257 g/mol. The fraction of sp³-hybridized carbons (Fsp3) is 0.467. The topological polar surface area (TPSA) is 38.1 Å². The molecule has 0 saturated carbocycles. The predicted molar refractivity (Wildman–Crippen MR) is 74.9 cm³/mol. The monoisotopic (exact) mass is 257 g/mol. The zero-order chi connectivity index (χ0) is 13.2. The van der Waals surface area contributed by atoms with Gasteiger partial charge in [-0.3, -0.25) is 9.48 Å². The third-order valence-corrected chi connectivity index (χ3v) is 3.84. The number of amides is 1. The lowest BCUT2D eigenvalue weighted by Crippen LogP contribution is -2.28. The Kier molecular flexibility index (Phi) is 3.23. The Bertz CT molecular complexity index is 596. The van der Waals surface area contributed by atoms with E-state index in [0.717, 1.165) is 37.1 Å². The second kappa shape index (κ2) is 5.03. The summed E-state index contributed by atoms with van der Waals surface area (Å²) in [7, 11) is 0. The number of aromatic nitrogens is 2. The molecule has 3 rings (SSSR count). The van der Waals surface area contributed by atoms with Crippen LogP contribution in [0.3, 0.4) is 0 Å². The molecule has 1 aromatic carbocycles. The number of benzene rings is 1. The minimum atomic E-state index is 0.259. The van der Waals surface area contributed by atoms with Crippen LogP contribution in [0.5, 0.6) is 0 Å². The molecule has 1 amide bonds. The molecular weight excluding hydrogens is 238 g/mol. The first-order chi connectivity index (χ1) is 9.25. The maximum Gasteiger partial charge on any atom is 0.224 e. The summed E-state index contributed by atoms with van der Waals surface area (Å²) < 4.78 is 1.96. The summed E-state index contributed by atoms with van der Waals surface area (Å²) >= 11 is 0. The average Bonchev–Trinajstić information content (AvgIpc) is 3.06. The maximum absolute atomic E-state index is 12.0. The molecule has 0 aliphatic carbocycles. The highest BCUT2D eigenvalue weighted by Crippen LogP contribution is 2.18. The molecule has 0 radical (unpaired) electrons. The molecular formula is C15H19N3O. The zero-order valence-corrected chi connectivity index (χ0v) is 11.3. The number of nitrogens with zero attached hydrogens (tertiary/aromatic N) is 3. The van der Waals surface area contributed by atoms with E-state index in [-0.39, 0.29) is 5.91 Å². The van der Waals surface area contributed by atoms with Gasteiger partial charge < -0.3 is 4.90 Å². The van der Waals surface area contributed by atoms with Gasteiger partial charge in [-0.25, -0.2) is 0 Å². The van der Waals surface area contributed by atoms with Crippen molar-refractivity contribution in [3.05, 3.63) is 30.0 Å². The van der Waals surface area contributed by atoms with E-state index in [1.54, 1.807) is 0 Å². The van der Waals surface area contributed by atoms with Crippen molar-refractivity contribution in [2.75, 3.05) is 13.1 Å². The summed E-state index contributed by atoms with van der Waals surface area (Å²) in [5.74, 6) is 0.259. The number of fused-ring (bicyclic) bond motifs is 1. The Hall–Kier alpha value is -1.84. The summed E-state index contributed by atoms with van der Waals surface area (Å²) in [6.07, 6.45) is 2.84. The highest BCUT2D eigenvalue weighted by Gasteiger charge is 2.18. The summed E-state index contributed by atoms with van der Waals surface area (Å²) in [5, 5.41) is 5.71. The maximum atomic E-state index is 12.0. The van der Waals surface area contributed by atoms with Crippen LogP contribution in [0.4, 0.5) is 0 Å². The van der Waals surface area contributed by atoms with Crippen LogP contribution in [0.25, 0.3) is 10.9 Å². The molecule has 2 aromatic rings. The van der Waals surface area contributed by atoms with Crippen molar-refractivity contribution in [2.24, 2.45) is 0 Å². The number of carbonyl (C=O) groups excluding carboxylic acids is 1. The van der Waals surface area contributed by atoms with Crippen molar-refractivity contribution in [3.63, 3.8) is 0 Å². The lowest BCUT2D eigenvalue weighted by Gasteiger charge is -2.15. The van der Waals surface area contributed by atoms with Crippen molar-refractivity contribution in [2.45, 2.75) is 32.7 Å². The van der Waals surface area contributed by atoms with Gasteiger partial charge in [0.1, 0.15) is 0 Å². The molecule has 100 valence electrons. The molecule has 1 saturated heterocycles. The number of para-hydroxylation sites is 1. The number of hydrogen-bond acceptors (Lipinski definition) is 2. The highest BCUT2D eigenvalue weighted by atomic mass is 16.2. The van der Waals surface area contributed by atoms with Gasteiger partial charge in [0, 0.05) is 24.9 Å². The molecule has 1 aliphatic rings. The molecule has 0 spiro atoms. The normalized spacial score (nSPS) is 15.3. The number of hydrogen-bond donors (Lipinski definition) is 0. The molecule has 0 unspecified atom stereocenters. The number of carbonyl (C=O) groups is 1. The van der Waals surface area contributed by atoms with E-state index in [1.165, 1.54) is 5.39 Å². The lowest BCUT2D eigenvalue weighted by molar-refractivity contribution is -0.130. The lowest BCUT2D eigenvalue weighted by atomic mass is 10.2. The summed E-state index contributed by atoms with van der Waals surface area (Å²) in [4.78, 5) is 14.0. The van der Waals surface area contributed by atoms with Crippen LogP contribution < -0.4 is 0 Å². The van der Waals surface area contributed by atoms with Crippen LogP contribution in [0.15, 0.2) is 24.3 Å². The van der Waals surface area contributed by atoms with Crippen LogP contribution in [0.1, 0.15) is 25.0 Å². The van der Waals surface area contributed by atoms with Crippen LogP contribution >= 0.6 is 0 Å². The Morgan fingerprint density at radius 1 is 1.26 bits per heavy atom. The molecule has 1 fully saturated rings. The van der Waals surface area contributed by atoms with Crippen molar-refractivity contribution in [3.8, 4) is 0 Å². The molecule has 19 heavy (non-hydrogen) atoms. The fourth-order valence-corrected chi connectivity index (χ4v) is 2.79. The molecule has 0 atom stereocenters. The van der Waals surface area contributed by atoms with E-state index in [0.29, 0.717) is 13.0 Å². The van der Waals surface area contributed by atoms with Gasteiger partial charge in [0.2, 0.25) is 5.91 Å². The summed E-state index contributed by atoms with van der Waals surface area (Å²) in [6, 6.07) is 8.19. The third kappa shape index (κ3) is 2.35. The first-order valence-corrected chi connectivity index (χ1v) is 6.95. The van der Waals surface area contributed by atoms with Gasteiger partial charge in [0.15, 0.2) is 0 Å². The van der Waals surface area contributed by atoms with Gasteiger partial charge in [-0.1, -0.05) is 18.2 Å². The highest BCUT2D eigenvalue weighted by molar-refractivity contribution is 5.82. The van der Waals surface area contributed by atoms with E-state index < -0.39 is 0 Å². The standard InChI is InChI=1S/C15H19N3O/c1-12-13-6-2-3-7-14(13)18(16-12)11-8-15(19)17-9-4-5-10-17/h2-3,6-7H,4-5,8-11H2,1H3. The van der Waals surface area contributed by atoms with Gasteiger partial charge in [-0.2, -0.15) is 5.10 Å². The largest absolute Gasteiger partial charge is 0.343 e. The van der Waals surface area contributed by atoms with Crippen molar-refractivity contribution < 1.29 is 4.79 Å². The van der Waals surface area contributed by atoms with Gasteiger partial charge in [-0.15, -0.1) is 0 Å². The van der Waals surface area contributed by atoms with Crippen LogP contribution in [-0.4, -0.2) is 33.7 Å². The second-order valence-electron chi connectivity index (χ2n) is 5.16. The zero-order valence-electron chi connectivity index (χ0n) is 11.3. The van der Waals surface area contributed by atoms with E-state index in [9.17, 15) is 4.79 Å². The van der Waals surface area contributed by atoms with Crippen LogP contribution in [-0.2, 0) is 11.3 Å². The van der Waals surface area contributed by atoms with Gasteiger partial charge >= 0.3 is 0 Å². The Balaban J connectivity index is 1.73. The summed E-state index contributed by atoms with van der Waals surface area (Å²) in [5.41, 5.74) is 2.15. The van der Waals surface area contributed by atoms with Gasteiger partial charge in [0.05, 0.1) is 17.8 Å². The summed E-state index contributed by atoms with van der Waals surface area (Å²) in [6.45, 7) is 4.54. The Labute approximate surface area is 113 Å². The first-order valence-electron chi connectivity index (χ1n) is 6.95. The van der Waals surface area contributed by atoms with E-state index in [2.05, 4.69) is 17.2 Å². The Morgan fingerprint density at radius 3 is 2.79 bits per heavy atom.